The first kappa shape index (κ1) is 36.8. The molecule has 162 valence electrons. The van der Waals surface area contributed by atoms with Gasteiger partial charge in [0.05, 0.1) is 6.61 Å². The van der Waals surface area contributed by atoms with Crippen LogP contribution in [0.3, 0.4) is 0 Å². The third-order valence-corrected chi connectivity index (χ3v) is 5.37. The van der Waals surface area contributed by atoms with E-state index in [0.717, 1.165) is 5.75 Å². The topological polar surface area (TPSA) is 109 Å². The van der Waals surface area contributed by atoms with Crippen LogP contribution < -0.4 is 4.74 Å². The van der Waals surface area contributed by atoms with E-state index in [1.54, 1.807) is 0 Å². The fourth-order valence-electron chi connectivity index (χ4n) is 2.69. The molecule has 0 aliphatic rings. The van der Waals surface area contributed by atoms with Gasteiger partial charge in [-0.25, -0.2) is 0 Å². The summed E-state index contributed by atoms with van der Waals surface area (Å²) in [5, 5.41) is 1.42. The zero-order valence-corrected chi connectivity index (χ0v) is 21.2. The van der Waals surface area contributed by atoms with E-state index >= 15 is 0 Å². The summed E-state index contributed by atoms with van der Waals surface area (Å²) in [5.74, 6) is 3.33. The normalized spacial score (nSPS) is 7.81. The molecule has 0 spiro atoms. The van der Waals surface area contributed by atoms with Crippen molar-refractivity contribution in [3.05, 3.63) is 99.7 Å². The number of hydrogen-bond donors (Lipinski definition) is 0. The second kappa shape index (κ2) is 26.4. The number of benzene rings is 2. The van der Waals surface area contributed by atoms with E-state index in [-0.39, 0.29) is 28.6 Å². The van der Waals surface area contributed by atoms with Crippen LogP contribution in [0.2, 0.25) is 0 Å². The Hall–Kier alpha value is -2.59. The van der Waals surface area contributed by atoms with E-state index in [2.05, 4.69) is 106 Å². The van der Waals surface area contributed by atoms with E-state index in [9.17, 15) is 0 Å². The van der Waals surface area contributed by atoms with Crippen LogP contribution in [0.1, 0.15) is 6.92 Å². The Kier molecular flexibility index (Phi) is 30.4. The van der Waals surface area contributed by atoms with Crippen LogP contribution in [-0.2, 0) is 51.0 Å². The Morgan fingerprint density at radius 3 is 1.44 bits per heavy atom. The fourth-order valence-corrected chi connectivity index (χ4v) is 4.52. The van der Waals surface area contributed by atoms with Gasteiger partial charge >= 0.3 is 56.5 Å². The standard InChI is InChI=1S/C19H19OP.5CO.W/c1-3-20-17-14-21(2)19(16-12-8-5-9-13-16)18(17)15-10-6-4-7-11-15;5*1-2;/h4-14H,3H2,1-2H3;;;;;;. The first-order valence-electron chi connectivity index (χ1n) is 8.26. The van der Waals surface area contributed by atoms with Crippen molar-refractivity contribution in [3.8, 4) is 27.7 Å². The predicted molar refractivity (Wildman–Crippen MR) is 112 cm³/mol. The molecule has 3 aromatic rings. The average Bonchev–Trinajstić information content (AvgIpc) is 3.22. The summed E-state index contributed by atoms with van der Waals surface area (Å²) < 4.78 is 43.4. The van der Waals surface area contributed by atoms with Crippen molar-refractivity contribution >= 4 is 7.53 Å². The zero-order chi connectivity index (χ0) is 24.7. The largest absolute Gasteiger partial charge is 0 e. The Morgan fingerprint density at radius 2 is 1.06 bits per heavy atom. The Balaban J connectivity index is -0.000000316. The van der Waals surface area contributed by atoms with Crippen molar-refractivity contribution in [1.82, 2.24) is 0 Å². The van der Waals surface area contributed by atoms with Crippen LogP contribution in [0.25, 0.3) is 22.0 Å². The van der Waals surface area contributed by atoms with E-state index in [4.69, 9.17) is 28.0 Å². The molecular formula is C24H19O6PW. The van der Waals surface area contributed by atoms with Crippen molar-refractivity contribution in [3.63, 3.8) is 0 Å². The van der Waals surface area contributed by atoms with Gasteiger partial charge in [0.2, 0.25) is 0 Å². The van der Waals surface area contributed by atoms with Crippen LogP contribution in [-0.4, -0.2) is 6.61 Å². The summed E-state index contributed by atoms with van der Waals surface area (Å²) in [6, 6.07) is 21.2. The molecule has 0 fully saturated rings. The molecule has 1 unspecified atom stereocenters. The monoisotopic (exact) mass is 618 g/mol. The van der Waals surface area contributed by atoms with Crippen molar-refractivity contribution in [2.45, 2.75) is 6.92 Å². The number of rotatable bonds is 4. The van der Waals surface area contributed by atoms with Gasteiger partial charge in [0.25, 0.3) is 0 Å². The first-order chi connectivity index (χ1) is 15.3. The smallest absolute Gasteiger partial charge is 0 e. The minimum absolute atomic E-state index is 0. The minimum atomic E-state index is -0.326. The van der Waals surface area contributed by atoms with Gasteiger partial charge in [0.15, 0.2) is 0 Å². The summed E-state index contributed by atoms with van der Waals surface area (Å²) in [6.45, 7) is 27.5. The third kappa shape index (κ3) is 11.7. The van der Waals surface area contributed by atoms with Crippen molar-refractivity contribution in [2.75, 3.05) is 6.61 Å². The minimum Gasteiger partial charge on any atom is 0 e. The Labute approximate surface area is 203 Å². The molecule has 2 aromatic carbocycles. The van der Waals surface area contributed by atoms with Crippen molar-refractivity contribution in [2.24, 2.45) is 6.66 Å². The molecule has 1 atom stereocenters. The Morgan fingerprint density at radius 1 is 0.688 bits per heavy atom. The molecule has 0 N–H and O–H groups in total. The number of hydrogen-bond acceptors (Lipinski definition) is 1. The Bertz CT molecular complexity index is 907. The molecule has 8 heteroatoms. The van der Waals surface area contributed by atoms with Crippen LogP contribution >= 0.6 is 7.53 Å². The molecule has 0 bridgehead atoms. The molecule has 0 saturated heterocycles. The predicted octanol–water partition coefficient (Wildman–Crippen LogP) is 5.75. The molecule has 6 nitrogen and oxygen atoms in total. The van der Waals surface area contributed by atoms with E-state index < -0.39 is 0 Å². The molecular weight excluding hydrogens is 599 g/mol. The van der Waals surface area contributed by atoms with E-state index in [1.807, 2.05) is 6.92 Å². The van der Waals surface area contributed by atoms with Crippen LogP contribution in [0, 0.1) is 33.3 Å². The second-order valence-corrected chi connectivity index (χ2v) is 6.92. The molecule has 3 rings (SSSR count). The molecule has 0 radical (unpaired) electrons. The molecule has 0 aliphatic heterocycles. The van der Waals surface area contributed by atoms with Gasteiger partial charge in [-0.3, -0.25) is 0 Å². The summed E-state index contributed by atoms with van der Waals surface area (Å²) in [7, 11) is -0.326. The third-order valence-electron chi connectivity index (χ3n) is 3.56. The van der Waals surface area contributed by atoms with Crippen LogP contribution in [0.15, 0.2) is 66.5 Å². The molecule has 0 saturated carbocycles. The maximum absolute atomic E-state index is 7.50. The summed E-state index contributed by atoms with van der Waals surface area (Å²) in [5.41, 5.74) is 3.80. The maximum atomic E-state index is 7.50. The quantitative estimate of drug-likeness (QED) is 0.269. The fraction of sp³-hybridized carbons (Fsp3) is 0.125. The number of ether oxygens (including phenoxy) is 1. The van der Waals surface area contributed by atoms with Crippen molar-refractivity contribution in [1.29, 1.82) is 0 Å². The first-order valence-corrected chi connectivity index (χ1v) is 10.1. The van der Waals surface area contributed by atoms with Crippen LogP contribution in [0.5, 0.6) is 5.75 Å². The molecule has 1 heterocycles. The molecule has 1 aromatic heterocycles. The average molecular weight is 618 g/mol. The van der Waals surface area contributed by atoms with Gasteiger partial charge in [-0.1, -0.05) is 60.7 Å². The summed E-state index contributed by atoms with van der Waals surface area (Å²) in [4.78, 5) is 0. The second-order valence-electron chi connectivity index (χ2n) is 4.99. The van der Waals surface area contributed by atoms with Gasteiger partial charge < -0.3 is 4.74 Å². The number of aryl methyl sites for hydroxylation is 1. The molecule has 0 aliphatic carbocycles. The van der Waals surface area contributed by atoms with Gasteiger partial charge in [0, 0.05) is 37.7 Å². The van der Waals surface area contributed by atoms with Gasteiger partial charge in [-0.15, -0.1) is 7.53 Å². The summed E-state index contributed by atoms with van der Waals surface area (Å²) >= 11 is 0. The molecule has 32 heavy (non-hydrogen) atoms. The van der Waals surface area contributed by atoms with Crippen molar-refractivity contribution < 1.29 is 49.1 Å². The zero-order valence-electron chi connectivity index (χ0n) is 17.4. The van der Waals surface area contributed by atoms with Crippen LogP contribution in [0.4, 0.5) is 0 Å². The SMILES string of the molecule is CCOc1cp(C)c(-c2ccccc2)c1-c1ccccc1.[C-]#[O+].[C-]#[O+].[C-]#[O+].[C-]#[O+].[C-]#[O+].[W]. The van der Waals surface area contributed by atoms with Gasteiger partial charge in [0.1, 0.15) is 5.75 Å². The molecule has 0 amide bonds. The van der Waals surface area contributed by atoms with Gasteiger partial charge in [-0.2, -0.15) is 0 Å². The van der Waals surface area contributed by atoms with E-state index in [0.29, 0.717) is 6.61 Å². The van der Waals surface area contributed by atoms with E-state index in [1.165, 1.54) is 22.0 Å². The summed E-state index contributed by atoms with van der Waals surface area (Å²) in [6.07, 6.45) is 0. The maximum Gasteiger partial charge on any atom is 0 e. The van der Waals surface area contributed by atoms with Gasteiger partial charge in [-0.05, 0) is 24.7 Å².